The van der Waals surface area contributed by atoms with E-state index in [-0.39, 0.29) is 5.92 Å². The molecule has 0 radical (unpaired) electrons. The molecule has 2 nitrogen and oxygen atoms in total. The van der Waals surface area contributed by atoms with Crippen molar-refractivity contribution in [3.05, 3.63) is 33.4 Å². The van der Waals surface area contributed by atoms with Gasteiger partial charge in [-0.1, -0.05) is 12.1 Å². The number of piperidine rings is 1. The van der Waals surface area contributed by atoms with Crippen molar-refractivity contribution >= 4 is 28.4 Å². The number of hydrogen-bond donors (Lipinski definition) is 1. The summed E-state index contributed by atoms with van der Waals surface area (Å²) >= 11 is 2.28. The molecule has 0 saturated carbocycles. The number of rotatable bonds is 3. The van der Waals surface area contributed by atoms with Crippen molar-refractivity contribution in [1.82, 2.24) is 5.32 Å². The second-order valence-corrected chi connectivity index (χ2v) is 5.56. The summed E-state index contributed by atoms with van der Waals surface area (Å²) in [5.74, 6) is 0.612. The van der Waals surface area contributed by atoms with Crippen LogP contribution in [0.2, 0.25) is 0 Å². The molecule has 16 heavy (non-hydrogen) atoms. The van der Waals surface area contributed by atoms with Crippen molar-refractivity contribution in [2.24, 2.45) is 5.92 Å². The highest BCUT2D eigenvalue weighted by molar-refractivity contribution is 14.1. The van der Waals surface area contributed by atoms with Crippen LogP contribution in [0.15, 0.2) is 24.3 Å². The van der Waals surface area contributed by atoms with Gasteiger partial charge in [0.2, 0.25) is 0 Å². The van der Waals surface area contributed by atoms with E-state index in [1.165, 1.54) is 3.57 Å². The molecule has 1 saturated heterocycles. The maximum atomic E-state index is 12.0. The Hall–Kier alpha value is -0.420. The van der Waals surface area contributed by atoms with Crippen LogP contribution in [0, 0.1) is 9.49 Å². The van der Waals surface area contributed by atoms with Crippen LogP contribution in [0.5, 0.6) is 0 Å². The summed E-state index contributed by atoms with van der Waals surface area (Å²) in [7, 11) is 0. The molecule has 1 heterocycles. The first kappa shape index (κ1) is 12.0. The molecule has 1 aromatic carbocycles. The summed E-state index contributed by atoms with van der Waals surface area (Å²) in [5, 5.41) is 3.29. The van der Waals surface area contributed by atoms with Gasteiger partial charge in [-0.05, 0) is 59.7 Å². The second kappa shape index (κ2) is 5.77. The zero-order chi connectivity index (χ0) is 11.4. The highest BCUT2D eigenvalue weighted by Crippen LogP contribution is 2.15. The lowest BCUT2D eigenvalue weighted by atomic mass is 9.91. The van der Waals surface area contributed by atoms with Gasteiger partial charge in [0.1, 0.15) is 5.78 Å². The van der Waals surface area contributed by atoms with Gasteiger partial charge in [-0.15, -0.1) is 0 Å². The fourth-order valence-corrected chi connectivity index (χ4v) is 2.43. The number of carbonyl (C=O) groups excluding carboxylic acids is 1. The zero-order valence-electron chi connectivity index (χ0n) is 9.21. The largest absolute Gasteiger partial charge is 0.316 e. The van der Waals surface area contributed by atoms with Crippen molar-refractivity contribution < 1.29 is 4.79 Å². The molecule has 0 spiro atoms. The Kier molecular flexibility index (Phi) is 4.35. The summed E-state index contributed by atoms with van der Waals surface area (Å²) in [5.41, 5.74) is 1.14. The molecule has 1 aromatic rings. The molecule has 1 fully saturated rings. The lowest BCUT2D eigenvalue weighted by Crippen LogP contribution is -2.35. The van der Waals surface area contributed by atoms with Crippen molar-refractivity contribution in [2.75, 3.05) is 13.1 Å². The Morgan fingerprint density at radius 2 is 2.12 bits per heavy atom. The summed E-state index contributed by atoms with van der Waals surface area (Å²) in [6, 6.07) is 8.22. The molecule has 2 rings (SSSR count). The quantitative estimate of drug-likeness (QED) is 0.863. The Balaban J connectivity index is 1.93. The third-order valence-electron chi connectivity index (χ3n) is 3.04. The van der Waals surface area contributed by atoms with Crippen LogP contribution >= 0.6 is 22.6 Å². The Morgan fingerprint density at radius 1 is 1.38 bits per heavy atom. The Morgan fingerprint density at radius 3 is 2.75 bits per heavy atom. The fraction of sp³-hybridized carbons (Fsp3) is 0.462. The number of carbonyl (C=O) groups is 1. The van der Waals surface area contributed by atoms with Gasteiger partial charge in [-0.3, -0.25) is 4.79 Å². The van der Waals surface area contributed by atoms with Gasteiger partial charge in [0.15, 0.2) is 0 Å². The first-order valence-corrected chi connectivity index (χ1v) is 6.81. The normalized spacial score (nSPS) is 20.7. The van der Waals surface area contributed by atoms with Gasteiger partial charge >= 0.3 is 0 Å². The van der Waals surface area contributed by atoms with Gasteiger partial charge < -0.3 is 5.32 Å². The second-order valence-electron chi connectivity index (χ2n) is 4.31. The molecule has 0 aromatic heterocycles. The van der Waals surface area contributed by atoms with E-state index in [0.29, 0.717) is 12.2 Å². The molecule has 1 atom stereocenters. The van der Waals surface area contributed by atoms with E-state index in [2.05, 4.69) is 52.2 Å². The van der Waals surface area contributed by atoms with Crippen molar-refractivity contribution in [1.29, 1.82) is 0 Å². The Bertz CT molecular complexity index is 355. The van der Waals surface area contributed by atoms with E-state index in [0.717, 1.165) is 31.5 Å². The van der Waals surface area contributed by atoms with Gasteiger partial charge in [-0.25, -0.2) is 0 Å². The number of nitrogens with one attached hydrogen (secondary N) is 1. The maximum Gasteiger partial charge on any atom is 0.141 e. The standard InChI is InChI=1S/C13H16INO/c14-12-5-3-10(4-6-12)8-13(16)11-2-1-7-15-9-11/h3-6,11,15H,1-2,7-9H2. The predicted molar refractivity (Wildman–Crippen MR) is 73.5 cm³/mol. The average Bonchev–Trinajstić information content (AvgIpc) is 2.33. The van der Waals surface area contributed by atoms with E-state index >= 15 is 0 Å². The number of benzene rings is 1. The van der Waals surface area contributed by atoms with Gasteiger partial charge in [0.05, 0.1) is 0 Å². The lowest BCUT2D eigenvalue weighted by molar-refractivity contribution is -0.122. The molecular weight excluding hydrogens is 313 g/mol. The number of hydrogen-bond acceptors (Lipinski definition) is 2. The van der Waals surface area contributed by atoms with Gasteiger partial charge in [0.25, 0.3) is 0 Å². The molecule has 3 heteroatoms. The minimum atomic E-state index is 0.230. The Labute approximate surface area is 110 Å². The van der Waals surface area contributed by atoms with Crippen LogP contribution < -0.4 is 5.32 Å². The first-order valence-electron chi connectivity index (χ1n) is 5.73. The first-order chi connectivity index (χ1) is 7.75. The average molecular weight is 329 g/mol. The minimum Gasteiger partial charge on any atom is -0.316 e. The SMILES string of the molecule is O=C(Cc1ccc(I)cc1)C1CCCNC1. The van der Waals surface area contributed by atoms with Crippen LogP contribution in [-0.4, -0.2) is 18.9 Å². The topological polar surface area (TPSA) is 29.1 Å². The number of Topliss-reactive ketones (excluding diaryl/α,β-unsaturated/α-hetero) is 1. The molecule has 1 aliphatic rings. The monoisotopic (exact) mass is 329 g/mol. The highest BCUT2D eigenvalue weighted by atomic mass is 127. The van der Waals surface area contributed by atoms with E-state index in [1.807, 2.05) is 0 Å². The van der Waals surface area contributed by atoms with Crippen LogP contribution in [0.4, 0.5) is 0 Å². The van der Waals surface area contributed by atoms with E-state index < -0.39 is 0 Å². The van der Waals surface area contributed by atoms with E-state index in [9.17, 15) is 4.79 Å². The van der Waals surface area contributed by atoms with Crippen molar-refractivity contribution in [2.45, 2.75) is 19.3 Å². The van der Waals surface area contributed by atoms with Crippen LogP contribution in [0.1, 0.15) is 18.4 Å². The third kappa shape index (κ3) is 3.28. The van der Waals surface area contributed by atoms with Crippen LogP contribution in [-0.2, 0) is 11.2 Å². The third-order valence-corrected chi connectivity index (χ3v) is 3.76. The zero-order valence-corrected chi connectivity index (χ0v) is 11.4. The van der Waals surface area contributed by atoms with E-state index in [1.54, 1.807) is 0 Å². The fourth-order valence-electron chi connectivity index (χ4n) is 2.07. The summed E-state index contributed by atoms with van der Waals surface area (Å²) in [4.78, 5) is 12.0. The van der Waals surface area contributed by atoms with E-state index in [4.69, 9.17) is 0 Å². The molecule has 0 amide bonds. The van der Waals surface area contributed by atoms with Crippen LogP contribution in [0.3, 0.4) is 0 Å². The summed E-state index contributed by atoms with van der Waals surface area (Å²) in [6.45, 7) is 1.93. The van der Waals surface area contributed by atoms with Crippen LogP contribution in [0.25, 0.3) is 0 Å². The predicted octanol–water partition coefficient (Wildman–Crippen LogP) is 2.40. The van der Waals surface area contributed by atoms with Gasteiger partial charge in [-0.2, -0.15) is 0 Å². The summed E-state index contributed by atoms with van der Waals surface area (Å²) < 4.78 is 1.22. The van der Waals surface area contributed by atoms with Crippen molar-refractivity contribution in [3.63, 3.8) is 0 Å². The molecule has 1 aliphatic heterocycles. The van der Waals surface area contributed by atoms with Gasteiger partial charge in [0, 0.05) is 22.5 Å². The summed E-state index contributed by atoms with van der Waals surface area (Å²) in [6.07, 6.45) is 2.77. The molecule has 1 unspecified atom stereocenters. The number of halogens is 1. The highest BCUT2D eigenvalue weighted by Gasteiger charge is 2.20. The minimum absolute atomic E-state index is 0.230. The maximum absolute atomic E-state index is 12.0. The molecule has 1 N–H and O–H groups in total. The van der Waals surface area contributed by atoms with Crippen molar-refractivity contribution in [3.8, 4) is 0 Å². The molecular formula is C13H16INO. The molecule has 0 aliphatic carbocycles. The number of ketones is 1. The lowest BCUT2D eigenvalue weighted by Gasteiger charge is -2.21. The molecule has 86 valence electrons. The smallest absolute Gasteiger partial charge is 0.141 e. The molecule has 0 bridgehead atoms.